The van der Waals surface area contributed by atoms with Gasteiger partial charge in [0.05, 0.1) is 12.6 Å². The van der Waals surface area contributed by atoms with Crippen LogP contribution in [0.1, 0.15) is 16.3 Å². The molecule has 1 amide bonds. The topological polar surface area (TPSA) is 68.0 Å². The molecular weight excluding hydrogens is 210 g/mol. The minimum atomic E-state index is -0.629. The molecule has 1 unspecified atom stereocenters. The van der Waals surface area contributed by atoms with E-state index in [1.807, 2.05) is 6.92 Å². The van der Waals surface area contributed by atoms with Crippen LogP contribution in [-0.2, 0) is 11.3 Å². The minimum Gasteiger partial charge on any atom is -0.348 e. The lowest BCUT2D eigenvalue weighted by molar-refractivity contribution is -0.122. The van der Waals surface area contributed by atoms with Crippen LogP contribution in [0.2, 0.25) is 0 Å². The van der Waals surface area contributed by atoms with E-state index in [0.29, 0.717) is 6.54 Å². The molecule has 1 heterocycles. The highest BCUT2D eigenvalue weighted by molar-refractivity contribution is 7.11. The molecule has 15 heavy (non-hydrogen) atoms. The average molecular weight is 223 g/mol. The third-order valence-corrected chi connectivity index (χ3v) is 2.67. The second kappa shape index (κ2) is 5.49. The molecule has 1 rings (SSSR count). The Morgan fingerprint density at radius 2 is 2.60 bits per heavy atom. The zero-order valence-electron chi connectivity index (χ0n) is 8.49. The summed E-state index contributed by atoms with van der Waals surface area (Å²) < 4.78 is 0. The van der Waals surface area contributed by atoms with Crippen molar-refractivity contribution in [3.63, 3.8) is 0 Å². The SMILES string of the molecule is C#CCC(N)C(=O)NCc1ncc(C)s1. The van der Waals surface area contributed by atoms with Gasteiger partial charge in [0.15, 0.2) is 0 Å². The van der Waals surface area contributed by atoms with Crippen molar-refractivity contribution in [1.29, 1.82) is 0 Å². The smallest absolute Gasteiger partial charge is 0.238 e. The average Bonchev–Trinajstić information content (AvgIpc) is 2.61. The van der Waals surface area contributed by atoms with Gasteiger partial charge in [0.2, 0.25) is 5.91 Å². The number of hydrogen-bond donors (Lipinski definition) is 2. The van der Waals surface area contributed by atoms with Crippen LogP contribution < -0.4 is 11.1 Å². The lowest BCUT2D eigenvalue weighted by atomic mass is 10.2. The van der Waals surface area contributed by atoms with Crippen LogP contribution >= 0.6 is 11.3 Å². The molecule has 0 aliphatic carbocycles. The third-order valence-electron chi connectivity index (χ3n) is 1.76. The van der Waals surface area contributed by atoms with Crippen LogP contribution in [-0.4, -0.2) is 16.9 Å². The van der Waals surface area contributed by atoms with Crippen molar-refractivity contribution < 1.29 is 4.79 Å². The first kappa shape index (κ1) is 11.7. The molecular formula is C10H13N3OS. The van der Waals surface area contributed by atoms with Gasteiger partial charge < -0.3 is 11.1 Å². The van der Waals surface area contributed by atoms with Crippen LogP contribution in [0.3, 0.4) is 0 Å². The van der Waals surface area contributed by atoms with E-state index in [2.05, 4.69) is 16.2 Å². The van der Waals surface area contributed by atoms with E-state index in [0.717, 1.165) is 9.88 Å². The van der Waals surface area contributed by atoms with E-state index < -0.39 is 6.04 Å². The molecule has 0 fully saturated rings. The highest BCUT2D eigenvalue weighted by atomic mass is 32.1. The van der Waals surface area contributed by atoms with Gasteiger partial charge >= 0.3 is 0 Å². The number of carbonyl (C=O) groups is 1. The van der Waals surface area contributed by atoms with Gasteiger partial charge in [-0.3, -0.25) is 4.79 Å². The number of thiazole rings is 1. The summed E-state index contributed by atoms with van der Waals surface area (Å²) in [4.78, 5) is 16.6. The maximum Gasteiger partial charge on any atom is 0.238 e. The molecule has 1 aromatic heterocycles. The summed E-state index contributed by atoms with van der Waals surface area (Å²) >= 11 is 1.55. The summed E-state index contributed by atoms with van der Waals surface area (Å²) in [5.41, 5.74) is 5.53. The van der Waals surface area contributed by atoms with Gasteiger partial charge in [0.25, 0.3) is 0 Å². The van der Waals surface area contributed by atoms with Gasteiger partial charge in [0, 0.05) is 17.5 Å². The highest BCUT2D eigenvalue weighted by Crippen LogP contribution is 2.10. The lowest BCUT2D eigenvalue weighted by Crippen LogP contribution is -2.39. The zero-order chi connectivity index (χ0) is 11.3. The van der Waals surface area contributed by atoms with Crippen LogP contribution in [0.4, 0.5) is 0 Å². The number of terminal acetylenes is 1. The number of rotatable bonds is 4. The maximum absolute atomic E-state index is 11.4. The second-order valence-electron chi connectivity index (χ2n) is 3.10. The fourth-order valence-electron chi connectivity index (χ4n) is 0.997. The van der Waals surface area contributed by atoms with E-state index in [9.17, 15) is 4.79 Å². The first-order chi connectivity index (χ1) is 7.13. The monoisotopic (exact) mass is 223 g/mol. The highest BCUT2D eigenvalue weighted by Gasteiger charge is 2.11. The molecule has 0 bridgehead atoms. The van der Waals surface area contributed by atoms with E-state index in [1.54, 1.807) is 17.5 Å². The minimum absolute atomic E-state index is 0.235. The number of nitrogens with two attached hydrogens (primary N) is 1. The summed E-state index contributed by atoms with van der Waals surface area (Å²) in [5, 5.41) is 3.55. The van der Waals surface area contributed by atoms with Crippen molar-refractivity contribution in [2.75, 3.05) is 0 Å². The number of aromatic nitrogens is 1. The molecule has 0 saturated carbocycles. The van der Waals surface area contributed by atoms with Crippen molar-refractivity contribution in [2.45, 2.75) is 25.9 Å². The lowest BCUT2D eigenvalue weighted by Gasteiger charge is -2.07. The number of nitrogens with zero attached hydrogens (tertiary/aromatic N) is 1. The fourth-order valence-corrected chi connectivity index (χ4v) is 1.72. The molecule has 0 saturated heterocycles. The summed E-state index contributed by atoms with van der Waals surface area (Å²) in [6, 6.07) is -0.629. The molecule has 0 radical (unpaired) electrons. The van der Waals surface area contributed by atoms with Crippen molar-refractivity contribution in [2.24, 2.45) is 5.73 Å². The number of nitrogens with one attached hydrogen (secondary N) is 1. The third kappa shape index (κ3) is 3.70. The summed E-state index contributed by atoms with van der Waals surface area (Å²) in [7, 11) is 0. The van der Waals surface area contributed by atoms with Crippen LogP contribution in [0.5, 0.6) is 0 Å². The molecule has 1 aromatic rings. The largest absolute Gasteiger partial charge is 0.348 e. The molecule has 0 aliphatic rings. The van der Waals surface area contributed by atoms with E-state index in [4.69, 9.17) is 12.2 Å². The Morgan fingerprint density at radius 3 is 3.13 bits per heavy atom. The summed E-state index contributed by atoms with van der Waals surface area (Å²) in [6.07, 6.45) is 7.08. The number of aryl methyl sites for hydroxylation is 1. The van der Waals surface area contributed by atoms with Gasteiger partial charge in [-0.1, -0.05) is 0 Å². The predicted octanol–water partition coefficient (Wildman–Crippen LogP) is 0.418. The first-order valence-electron chi connectivity index (χ1n) is 4.51. The fraction of sp³-hybridized carbons (Fsp3) is 0.400. The van der Waals surface area contributed by atoms with Gasteiger partial charge in [-0.25, -0.2) is 4.98 Å². The quantitative estimate of drug-likeness (QED) is 0.727. The molecule has 0 aliphatic heterocycles. The Labute approximate surface area is 92.9 Å². The van der Waals surface area contributed by atoms with Crippen molar-refractivity contribution in [1.82, 2.24) is 10.3 Å². The normalized spacial score (nSPS) is 11.8. The Balaban J connectivity index is 2.38. The molecule has 3 N–H and O–H groups in total. The van der Waals surface area contributed by atoms with Crippen LogP contribution in [0.15, 0.2) is 6.20 Å². The zero-order valence-corrected chi connectivity index (χ0v) is 9.30. The Kier molecular flexibility index (Phi) is 4.28. The van der Waals surface area contributed by atoms with E-state index in [-0.39, 0.29) is 12.3 Å². The number of hydrogen-bond acceptors (Lipinski definition) is 4. The van der Waals surface area contributed by atoms with Gasteiger partial charge in [0.1, 0.15) is 5.01 Å². The van der Waals surface area contributed by atoms with Crippen molar-refractivity contribution in [3.05, 3.63) is 16.1 Å². The van der Waals surface area contributed by atoms with E-state index in [1.165, 1.54) is 0 Å². The Bertz CT molecular complexity index is 380. The number of amides is 1. The molecule has 1 atom stereocenters. The van der Waals surface area contributed by atoms with E-state index >= 15 is 0 Å². The standard InChI is InChI=1S/C10H13N3OS/c1-3-4-8(11)10(14)13-6-9-12-5-7(2)15-9/h1,5,8H,4,6,11H2,2H3,(H,13,14). The molecule has 80 valence electrons. The van der Waals surface area contributed by atoms with Gasteiger partial charge in [-0.05, 0) is 6.92 Å². The second-order valence-corrected chi connectivity index (χ2v) is 4.42. The maximum atomic E-state index is 11.4. The van der Waals surface area contributed by atoms with Crippen LogP contribution in [0, 0.1) is 19.3 Å². The first-order valence-corrected chi connectivity index (χ1v) is 5.33. The van der Waals surface area contributed by atoms with Crippen molar-refractivity contribution in [3.8, 4) is 12.3 Å². The number of carbonyl (C=O) groups excluding carboxylic acids is 1. The molecule has 0 aromatic carbocycles. The molecule has 4 nitrogen and oxygen atoms in total. The molecule has 5 heteroatoms. The van der Waals surface area contributed by atoms with Gasteiger partial charge in [-0.2, -0.15) is 0 Å². The summed E-state index contributed by atoms with van der Waals surface area (Å²) in [5.74, 6) is 2.12. The Morgan fingerprint density at radius 1 is 1.87 bits per heavy atom. The predicted molar refractivity (Wildman–Crippen MR) is 60.1 cm³/mol. The van der Waals surface area contributed by atoms with Gasteiger partial charge in [-0.15, -0.1) is 23.7 Å². The Hall–Kier alpha value is -1.38. The van der Waals surface area contributed by atoms with Crippen molar-refractivity contribution >= 4 is 17.2 Å². The van der Waals surface area contributed by atoms with Crippen LogP contribution in [0.25, 0.3) is 0 Å². The molecule has 0 spiro atoms. The summed E-state index contributed by atoms with van der Waals surface area (Å²) in [6.45, 7) is 2.38.